The second-order valence-corrected chi connectivity index (χ2v) is 6.46. The minimum atomic E-state index is -0.859. The van der Waals surface area contributed by atoms with E-state index < -0.39 is 30.5 Å². The third-order valence-corrected chi connectivity index (χ3v) is 4.56. The summed E-state index contributed by atoms with van der Waals surface area (Å²) in [5.74, 6) is -1.73. The van der Waals surface area contributed by atoms with Gasteiger partial charge in [-0.3, -0.25) is 4.79 Å². The molecule has 0 fully saturated rings. The third kappa shape index (κ3) is 6.14. The van der Waals surface area contributed by atoms with Crippen LogP contribution in [-0.4, -0.2) is 43.9 Å². The van der Waals surface area contributed by atoms with E-state index in [9.17, 15) is 14.4 Å². The van der Waals surface area contributed by atoms with Crippen LogP contribution in [0.5, 0.6) is 0 Å². The van der Waals surface area contributed by atoms with Gasteiger partial charge in [-0.05, 0) is 24.0 Å². The van der Waals surface area contributed by atoms with E-state index in [4.69, 9.17) is 9.47 Å². The van der Waals surface area contributed by atoms with E-state index in [2.05, 4.69) is 5.32 Å². The van der Waals surface area contributed by atoms with E-state index in [-0.39, 0.29) is 6.42 Å². The third-order valence-electron chi connectivity index (χ3n) is 3.76. The fraction of sp³-hybridized carbons (Fsp3) is 0.250. The van der Waals surface area contributed by atoms with Crippen LogP contribution in [0.15, 0.2) is 59.5 Å². The Morgan fingerprint density at radius 2 is 1.70 bits per heavy atom. The molecule has 0 saturated heterocycles. The minimum Gasteiger partial charge on any atom is -0.467 e. The van der Waals surface area contributed by atoms with Gasteiger partial charge in [0, 0.05) is 11.3 Å². The molecule has 0 saturated carbocycles. The normalized spacial score (nSPS) is 11.3. The molecule has 27 heavy (non-hydrogen) atoms. The van der Waals surface area contributed by atoms with E-state index in [1.807, 2.05) is 42.7 Å². The number of carbonyl (C=O) groups is 3. The summed E-state index contributed by atoms with van der Waals surface area (Å²) in [5.41, 5.74) is 1.27. The van der Waals surface area contributed by atoms with Crippen molar-refractivity contribution in [1.29, 1.82) is 0 Å². The Morgan fingerprint density at radius 1 is 1.04 bits per heavy atom. The zero-order valence-corrected chi connectivity index (χ0v) is 16.0. The molecule has 0 unspecified atom stereocenters. The second-order valence-electron chi connectivity index (χ2n) is 5.61. The van der Waals surface area contributed by atoms with Crippen LogP contribution in [0.3, 0.4) is 0 Å². The highest BCUT2D eigenvalue weighted by molar-refractivity contribution is 7.98. The highest BCUT2D eigenvalue weighted by atomic mass is 32.2. The number of benzene rings is 2. The molecule has 2 aromatic carbocycles. The number of thioether (sulfide) groups is 1. The molecule has 0 spiro atoms. The molecule has 0 aliphatic carbocycles. The summed E-state index contributed by atoms with van der Waals surface area (Å²) < 4.78 is 9.83. The van der Waals surface area contributed by atoms with Crippen LogP contribution < -0.4 is 5.32 Å². The fourth-order valence-corrected chi connectivity index (χ4v) is 3.03. The lowest BCUT2D eigenvalue weighted by atomic mass is 10.1. The van der Waals surface area contributed by atoms with Crippen LogP contribution in [0.1, 0.15) is 15.9 Å². The van der Waals surface area contributed by atoms with Gasteiger partial charge in [0.05, 0.1) is 12.7 Å². The van der Waals surface area contributed by atoms with Crippen molar-refractivity contribution in [2.75, 3.05) is 20.0 Å². The van der Waals surface area contributed by atoms with Crippen molar-refractivity contribution in [3.63, 3.8) is 0 Å². The van der Waals surface area contributed by atoms with Crippen LogP contribution in [0.25, 0.3) is 0 Å². The van der Waals surface area contributed by atoms with Gasteiger partial charge in [0.2, 0.25) is 0 Å². The predicted octanol–water partition coefficient (Wildman–Crippen LogP) is 2.47. The molecule has 142 valence electrons. The van der Waals surface area contributed by atoms with Gasteiger partial charge >= 0.3 is 11.9 Å². The average Bonchev–Trinajstić information content (AvgIpc) is 2.71. The van der Waals surface area contributed by atoms with Crippen LogP contribution in [-0.2, 0) is 25.5 Å². The van der Waals surface area contributed by atoms with Crippen molar-refractivity contribution in [2.45, 2.75) is 17.4 Å². The number of nitrogens with one attached hydrogen (secondary N) is 1. The van der Waals surface area contributed by atoms with Crippen LogP contribution in [0.2, 0.25) is 0 Å². The first-order valence-corrected chi connectivity index (χ1v) is 9.49. The number of esters is 2. The number of carbonyl (C=O) groups excluding carboxylic acids is 3. The quantitative estimate of drug-likeness (QED) is 0.554. The number of methoxy groups -OCH3 is 1. The summed E-state index contributed by atoms with van der Waals surface area (Å²) in [6, 6.07) is 15.4. The molecule has 1 amide bonds. The Bertz CT molecular complexity index is 794. The molecule has 0 bridgehead atoms. The monoisotopic (exact) mass is 387 g/mol. The Morgan fingerprint density at radius 3 is 2.37 bits per heavy atom. The molecule has 7 heteroatoms. The Balaban J connectivity index is 1.95. The smallest absolute Gasteiger partial charge is 0.339 e. The van der Waals surface area contributed by atoms with E-state index in [0.29, 0.717) is 5.56 Å². The lowest BCUT2D eigenvalue weighted by molar-refractivity contribution is -0.145. The highest BCUT2D eigenvalue weighted by Gasteiger charge is 2.23. The van der Waals surface area contributed by atoms with Crippen molar-refractivity contribution in [3.05, 3.63) is 65.7 Å². The molecule has 6 nitrogen and oxygen atoms in total. The molecule has 0 heterocycles. The SMILES string of the molecule is COC(=O)[C@H](Cc1ccccc1)NC(=O)COC(=O)c1ccccc1SC. The summed E-state index contributed by atoms with van der Waals surface area (Å²) in [6.45, 7) is -0.482. The summed E-state index contributed by atoms with van der Waals surface area (Å²) in [7, 11) is 1.26. The minimum absolute atomic E-state index is 0.280. The topological polar surface area (TPSA) is 81.7 Å². The lowest BCUT2D eigenvalue weighted by Crippen LogP contribution is -2.44. The van der Waals surface area contributed by atoms with Gasteiger partial charge in [0.25, 0.3) is 5.91 Å². The van der Waals surface area contributed by atoms with E-state index in [0.717, 1.165) is 10.5 Å². The maximum absolute atomic E-state index is 12.2. The Hall–Kier alpha value is -2.80. The summed E-state index contributed by atoms with van der Waals surface area (Å²) >= 11 is 1.41. The van der Waals surface area contributed by atoms with Crippen molar-refractivity contribution >= 4 is 29.6 Å². The van der Waals surface area contributed by atoms with Crippen LogP contribution in [0.4, 0.5) is 0 Å². The predicted molar refractivity (Wildman–Crippen MR) is 103 cm³/mol. The van der Waals surface area contributed by atoms with Gasteiger partial charge in [0.1, 0.15) is 6.04 Å². The molecule has 0 aromatic heterocycles. The molecule has 1 atom stereocenters. The summed E-state index contributed by atoms with van der Waals surface area (Å²) in [6.07, 6.45) is 2.13. The van der Waals surface area contributed by atoms with Gasteiger partial charge in [0.15, 0.2) is 6.61 Å². The van der Waals surface area contributed by atoms with Gasteiger partial charge in [-0.2, -0.15) is 0 Å². The first-order chi connectivity index (χ1) is 13.0. The highest BCUT2D eigenvalue weighted by Crippen LogP contribution is 2.20. The zero-order valence-electron chi connectivity index (χ0n) is 15.1. The molecule has 0 aliphatic rings. The first-order valence-electron chi connectivity index (χ1n) is 8.26. The standard InChI is InChI=1S/C20H21NO5S/c1-25-20(24)16(12-14-8-4-3-5-9-14)21-18(22)13-26-19(23)15-10-6-7-11-17(15)27-2/h3-11,16H,12-13H2,1-2H3,(H,21,22)/t16-/m0/s1. The van der Waals surface area contributed by atoms with Crippen LogP contribution in [0, 0.1) is 0 Å². The van der Waals surface area contributed by atoms with E-state index in [1.165, 1.54) is 18.9 Å². The molecular weight excluding hydrogens is 366 g/mol. The fourth-order valence-electron chi connectivity index (χ4n) is 2.44. The Kier molecular flexibility index (Phi) is 7.88. The number of hydrogen-bond donors (Lipinski definition) is 1. The number of amides is 1. The average molecular weight is 387 g/mol. The Labute approximate surface area is 162 Å². The van der Waals surface area contributed by atoms with Gasteiger partial charge in [-0.15, -0.1) is 11.8 Å². The van der Waals surface area contributed by atoms with Crippen LogP contribution >= 0.6 is 11.8 Å². The van der Waals surface area contributed by atoms with Crippen molar-refractivity contribution < 1.29 is 23.9 Å². The lowest BCUT2D eigenvalue weighted by Gasteiger charge is -2.16. The summed E-state index contributed by atoms with van der Waals surface area (Å²) in [5, 5.41) is 2.56. The number of rotatable bonds is 8. The molecule has 0 aliphatic heterocycles. The number of hydrogen-bond acceptors (Lipinski definition) is 6. The van der Waals surface area contributed by atoms with Gasteiger partial charge < -0.3 is 14.8 Å². The molecule has 2 rings (SSSR count). The molecule has 1 N–H and O–H groups in total. The first kappa shape index (κ1) is 20.5. The number of ether oxygens (including phenoxy) is 2. The summed E-state index contributed by atoms with van der Waals surface area (Å²) in [4.78, 5) is 37.1. The zero-order chi connectivity index (χ0) is 19.6. The van der Waals surface area contributed by atoms with Crippen molar-refractivity contribution in [3.8, 4) is 0 Å². The van der Waals surface area contributed by atoms with Crippen molar-refractivity contribution in [1.82, 2.24) is 5.32 Å². The van der Waals surface area contributed by atoms with E-state index >= 15 is 0 Å². The molecule has 2 aromatic rings. The largest absolute Gasteiger partial charge is 0.467 e. The molecular formula is C20H21NO5S. The molecule has 0 radical (unpaired) electrons. The maximum Gasteiger partial charge on any atom is 0.339 e. The maximum atomic E-state index is 12.2. The van der Waals surface area contributed by atoms with Crippen molar-refractivity contribution in [2.24, 2.45) is 0 Å². The van der Waals surface area contributed by atoms with Gasteiger partial charge in [-0.1, -0.05) is 42.5 Å². The van der Waals surface area contributed by atoms with E-state index in [1.54, 1.807) is 18.2 Å². The van der Waals surface area contributed by atoms with Gasteiger partial charge in [-0.25, -0.2) is 9.59 Å². The second kappa shape index (κ2) is 10.4.